The minimum absolute atomic E-state index is 0.0809. The molecule has 4 nitrogen and oxygen atoms in total. The Balaban J connectivity index is 2.15. The summed E-state index contributed by atoms with van der Waals surface area (Å²) in [6.45, 7) is 4.10. The van der Waals surface area contributed by atoms with Crippen molar-refractivity contribution in [3.63, 3.8) is 0 Å². The molecule has 0 aliphatic rings. The molecule has 27 heavy (non-hydrogen) atoms. The predicted octanol–water partition coefficient (Wildman–Crippen LogP) is 5.18. The Labute approximate surface area is 157 Å². The molecule has 0 unspecified atom stereocenters. The maximum atomic E-state index is 13.0. The van der Waals surface area contributed by atoms with Gasteiger partial charge in [-0.2, -0.15) is 0 Å². The Morgan fingerprint density at radius 3 is 2.59 bits per heavy atom. The van der Waals surface area contributed by atoms with Gasteiger partial charge in [0, 0.05) is 5.56 Å². The Bertz CT molecular complexity index is 1070. The molecule has 0 fully saturated rings. The summed E-state index contributed by atoms with van der Waals surface area (Å²) in [5, 5.41) is 9.49. The number of hydrogen-bond donors (Lipinski definition) is 1. The number of hydrogen-bond acceptors (Lipinski definition) is 3. The first-order valence-electron chi connectivity index (χ1n) is 9.14. The van der Waals surface area contributed by atoms with E-state index in [-0.39, 0.29) is 11.0 Å². The zero-order chi connectivity index (χ0) is 19.4. The maximum Gasteiger partial charge on any atom is 0.335 e. The van der Waals surface area contributed by atoms with Gasteiger partial charge < -0.3 is 9.52 Å². The molecule has 3 rings (SSSR count). The van der Waals surface area contributed by atoms with Crippen LogP contribution in [0.2, 0.25) is 0 Å². The smallest absolute Gasteiger partial charge is 0.335 e. The Morgan fingerprint density at radius 2 is 1.89 bits per heavy atom. The van der Waals surface area contributed by atoms with E-state index >= 15 is 0 Å². The molecular formula is C23H22O4. The highest BCUT2D eigenvalue weighted by Gasteiger charge is 2.14. The third-order valence-corrected chi connectivity index (χ3v) is 4.61. The minimum Gasteiger partial charge on any atom is -0.478 e. The third kappa shape index (κ3) is 3.85. The number of fused-ring (bicyclic) bond motifs is 1. The fourth-order valence-electron chi connectivity index (χ4n) is 3.19. The molecule has 1 aromatic heterocycles. The van der Waals surface area contributed by atoms with Crippen LogP contribution in [-0.2, 0) is 12.8 Å². The second-order valence-corrected chi connectivity index (χ2v) is 6.43. The average Bonchev–Trinajstić information content (AvgIpc) is 2.68. The summed E-state index contributed by atoms with van der Waals surface area (Å²) < 4.78 is 5.98. The second kappa shape index (κ2) is 8.04. The van der Waals surface area contributed by atoms with Crippen LogP contribution in [0.25, 0.3) is 23.1 Å². The molecule has 0 saturated carbocycles. The van der Waals surface area contributed by atoms with Crippen LogP contribution in [0.4, 0.5) is 0 Å². The molecule has 0 aliphatic carbocycles. The average molecular weight is 362 g/mol. The first-order valence-corrected chi connectivity index (χ1v) is 9.14. The summed E-state index contributed by atoms with van der Waals surface area (Å²) in [7, 11) is 0. The van der Waals surface area contributed by atoms with E-state index in [2.05, 4.69) is 13.0 Å². The lowest BCUT2D eigenvalue weighted by Crippen LogP contribution is -2.12. The molecule has 0 radical (unpaired) electrons. The molecule has 138 valence electrons. The summed E-state index contributed by atoms with van der Waals surface area (Å²) in [6.07, 6.45) is 6.09. The number of rotatable bonds is 6. The highest BCUT2D eigenvalue weighted by Crippen LogP contribution is 2.21. The lowest BCUT2D eigenvalue weighted by atomic mass is 10.0. The summed E-state index contributed by atoms with van der Waals surface area (Å²) in [4.78, 5) is 24.2. The van der Waals surface area contributed by atoms with Gasteiger partial charge in [-0.1, -0.05) is 50.6 Å². The summed E-state index contributed by atoms with van der Waals surface area (Å²) in [5.74, 6) is -0.531. The van der Waals surface area contributed by atoms with E-state index in [0.29, 0.717) is 28.7 Å². The SMILES string of the molecule is CCCc1c(C=Cc2ccccc2CC)oc2ccc(C(=O)O)cc2c1=O. The molecule has 4 heteroatoms. The lowest BCUT2D eigenvalue weighted by molar-refractivity contribution is 0.0697. The zero-order valence-electron chi connectivity index (χ0n) is 15.5. The van der Waals surface area contributed by atoms with Crippen molar-refractivity contribution >= 4 is 29.1 Å². The van der Waals surface area contributed by atoms with E-state index in [1.165, 1.54) is 17.7 Å². The van der Waals surface area contributed by atoms with Crippen LogP contribution in [0, 0.1) is 0 Å². The molecule has 0 bridgehead atoms. The fourth-order valence-corrected chi connectivity index (χ4v) is 3.19. The van der Waals surface area contributed by atoms with E-state index in [9.17, 15) is 14.7 Å². The molecule has 3 aromatic rings. The van der Waals surface area contributed by atoms with E-state index in [4.69, 9.17) is 4.42 Å². The summed E-state index contributed by atoms with van der Waals surface area (Å²) in [6, 6.07) is 12.5. The van der Waals surface area contributed by atoms with Crippen molar-refractivity contribution in [2.75, 3.05) is 0 Å². The molecular weight excluding hydrogens is 340 g/mol. The van der Waals surface area contributed by atoms with Crippen molar-refractivity contribution in [2.24, 2.45) is 0 Å². The van der Waals surface area contributed by atoms with Crippen LogP contribution < -0.4 is 5.43 Å². The molecule has 0 saturated heterocycles. The standard InChI is InChI=1S/C23H22O4/c1-3-7-18-20(12-10-16-9-6-5-8-15(16)4-2)27-21-13-11-17(23(25)26)14-19(21)22(18)24/h5-6,8-14H,3-4,7H2,1-2H3,(H,25,26). The highest BCUT2D eigenvalue weighted by molar-refractivity contribution is 5.93. The molecule has 0 amide bonds. The third-order valence-electron chi connectivity index (χ3n) is 4.61. The summed E-state index contributed by atoms with van der Waals surface area (Å²) in [5.41, 5.74) is 3.21. The first kappa shape index (κ1) is 18.6. The first-order chi connectivity index (χ1) is 13.0. The number of benzene rings is 2. The van der Waals surface area contributed by atoms with Crippen LogP contribution in [0.3, 0.4) is 0 Å². The normalized spacial score (nSPS) is 11.3. The second-order valence-electron chi connectivity index (χ2n) is 6.43. The van der Waals surface area contributed by atoms with Crippen LogP contribution in [-0.4, -0.2) is 11.1 Å². The van der Waals surface area contributed by atoms with E-state index in [1.54, 1.807) is 6.07 Å². The topological polar surface area (TPSA) is 67.5 Å². The monoisotopic (exact) mass is 362 g/mol. The molecule has 1 heterocycles. The van der Waals surface area contributed by atoms with Crippen molar-refractivity contribution in [3.8, 4) is 0 Å². The van der Waals surface area contributed by atoms with Crippen LogP contribution in [0.5, 0.6) is 0 Å². The number of aromatic carboxylic acids is 1. The molecule has 1 N–H and O–H groups in total. The number of carboxylic acid groups (broad SMARTS) is 1. The zero-order valence-corrected chi connectivity index (χ0v) is 15.5. The van der Waals surface area contributed by atoms with Crippen molar-refractivity contribution in [2.45, 2.75) is 33.1 Å². The van der Waals surface area contributed by atoms with Gasteiger partial charge in [-0.05, 0) is 48.2 Å². The van der Waals surface area contributed by atoms with Gasteiger partial charge in [0.1, 0.15) is 11.3 Å². The van der Waals surface area contributed by atoms with E-state index < -0.39 is 5.97 Å². The lowest BCUT2D eigenvalue weighted by Gasteiger charge is -2.08. The van der Waals surface area contributed by atoms with Crippen molar-refractivity contribution in [1.29, 1.82) is 0 Å². The molecule has 0 spiro atoms. The quantitative estimate of drug-likeness (QED) is 0.656. The molecule has 0 atom stereocenters. The van der Waals surface area contributed by atoms with Gasteiger partial charge in [0.2, 0.25) is 0 Å². The highest BCUT2D eigenvalue weighted by atomic mass is 16.4. The van der Waals surface area contributed by atoms with E-state index in [0.717, 1.165) is 18.4 Å². The maximum absolute atomic E-state index is 13.0. The minimum atomic E-state index is -1.06. The van der Waals surface area contributed by atoms with Gasteiger partial charge >= 0.3 is 5.97 Å². The summed E-state index contributed by atoms with van der Waals surface area (Å²) >= 11 is 0. The largest absolute Gasteiger partial charge is 0.478 e. The van der Waals surface area contributed by atoms with Crippen LogP contribution >= 0.6 is 0 Å². The molecule has 0 aliphatic heterocycles. The van der Waals surface area contributed by atoms with Gasteiger partial charge in [0.15, 0.2) is 5.43 Å². The Hall–Kier alpha value is -3.14. The number of carboxylic acids is 1. The van der Waals surface area contributed by atoms with E-state index in [1.807, 2.05) is 37.3 Å². The molecule has 2 aromatic carbocycles. The van der Waals surface area contributed by atoms with Gasteiger partial charge in [-0.15, -0.1) is 0 Å². The van der Waals surface area contributed by atoms with Crippen LogP contribution in [0.1, 0.15) is 53.1 Å². The Kier molecular flexibility index (Phi) is 5.55. The van der Waals surface area contributed by atoms with Gasteiger partial charge in [0.05, 0.1) is 10.9 Å². The van der Waals surface area contributed by atoms with Gasteiger partial charge in [-0.3, -0.25) is 4.79 Å². The van der Waals surface area contributed by atoms with Gasteiger partial charge in [-0.25, -0.2) is 4.79 Å². The number of carbonyl (C=O) groups is 1. The van der Waals surface area contributed by atoms with Gasteiger partial charge in [0.25, 0.3) is 0 Å². The number of aryl methyl sites for hydroxylation is 1. The Morgan fingerprint density at radius 1 is 1.11 bits per heavy atom. The van der Waals surface area contributed by atoms with Crippen molar-refractivity contribution in [3.05, 3.63) is 80.7 Å². The predicted molar refractivity (Wildman–Crippen MR) is 108 cm³/mol. The fraction of sp³-hybridized carbons (Fsp3) is 0.217. The van der Waals surface area contributed by atoms with Crippen molar-refractivity contribution < 1.29 is 14.3 Å². The van der Waals surface area contributed by atoms with Crippen molar-refractivity contribution in [1.82, 2.24) is 0 Å². The van der Waals surface area contributed by atoms with Crippen LogP contribution in [0.15, 0.2) is 51.7 Å².